The van der Waals surface area contributed by atoms with Gasteiger partial charge < -0.3 is 14.6 Å². The second-order valence-electron chi connectivity index (χ2n) is 8.50. The maximum Gasteiger partial charge on any atom is 0.222 e. The number of hydrogen-bond donors (Lipinski definition) is 1. The van der Waals surface area contributed by atoms with Gasteiger partial charge in [-0.05, 0) is 18.1 Å². The van der Waals surface area contributed by atoms with Gasteiger partial charge in [-0.25, -0.2) is 4.68 Å². The number of nitrogens with zero attached hydrogens (tertiary/aromatic N) is 3. The Bertz CT molecular complexity index is 1030. The molecule has 3 aromatic rings. The Labute approximate surface area is 196 Å². The highest BCUT2D eigenvalue weighted by Gasteiger charge is 2.23. The molecule has 0 radical (unpaired) electrons. The Hall–Kier alpha value is -3.11. The zero-order valence-corrected chi connectivity index (χ0v) is 19.6. The van der Waals surface area contributed by atoms with Gasteiger partial charge in [0.05, 0.1) is 18.3 Å². The van der Waals surface area contributed by atoms with Crippen molar-refractivity contribution < 1.29 is 14.6 Å². The van der Waals surface area contributed by atoms with Crippen LogP contribution in [0.4, 0.5) is 0 Å². The van der Waals surface area contributed by atoms with Gasteiger partial charge in [-0.15, -0.1) is 6.42 Å². The zero-order chi connectivity index (χ0) is 23.6. The van der Waals surface area contributed by atoms with Gasteiger partial charge in [-0.3, -0.25) is 4.90 Å². The molecule has 6 heteroatoms. The van der Waals surface area contributed by atoms with Crippen LogP contribution in [0.5, 0.6) is 11.6 Å². The lowest BCUT2D eigenvalue weighted by Gasteiger charge is -2.27. The van der Waals surface area contributed by atoms with Crippen LogP contribution in [0.1, 0.15) is 19.4 Å². The van der Waals surface area contributed by atoms with E-state index in [0.29, 0.717) is 24.9 Å². The quantitative estimate of drug-likeness (QED) is 0.330. The van der Waals surface area contributed by atoms with Crippen LogP contribution in [0.3, 0.4) is 0 Å². The molecule has 174 valence electrons. The number of hydrogen-bond acceptors (Lipinski definition) is 5. The predicted molar refractivity (Wildman–Crippen MR) is 131 cm³/mol. The third-order valence-electron chi connectivity index (χ3n) is 5.06. The molecule has 0 aliphatic carbocycles. The minimum Gasteiger partial charge on any atom is -0.439 e. The SMILES string of the molecule is C#CCOCC(O)CN(Cc1c(-c2ccccc2)nn(C)c1Oc1ccccc1)CC(C)C. The molecular weight excluding hydrogens is 414 g/mol. The second kappa shape index (κ2) is 12.2. The Morgan fingerprint density at radius 1 is 1.06 bits per heavy atom. The minimum absolute atomic E-state index is 0.192. The summed E-state index contributed by atoms with van der Waals surface area (Å²) in [6.07, 6.45) is 4.60. The molecule has 33 heavy (non-hydrogen) atoms. The van der Waals surface area contributed by atoms with E-state index in [0.717, 1.165) is 29.1 Å². The summed E-state index contributed by atoms with van der Waals surface area (Å²) in [4.78, 5) is 2.22. The van der Waals surface area contributed by atoms with Crippen molar-refractivity contribution in [1.82, 2.24) is 14.7 Å². The first-order valence-corrected chi connectivity index (χ1v) is 11.2. The van der Waals surface area contributed by atoms with Gasteiger partial charge in [0.15, 0.2) is 0 Å². The number of aryl methyl sites for hydroxylation is 1. The monoisotopic (exact) mass is 447 g/mol. The fourth-order valence-corrected chi connectivity index (χ4v) is 3.80. The highest BCUT2D eigenvalue weighted by molar-refractivity contribution is 5.65. The van der Waals surface area contributed by atoms with Crippen LogP contribution in [0.15, 0.2) is 60.7 Å². The molecule has 0 fully saturated rings. The topological polar surface area (TPSA) is 59.8 Å². The first kappa shape index (κ1) is 24.5. The molecular formula is C27H33N3O3. The third kappa shape index (κ3) is 7.19. The fourth-order valence-electron chi connectivity index (χ4n) is 3.80. The number of benzene rings is 2. The molecule has 6 nitrogen and oxygen atoms in total. The summed E-state index contributed by atoms with van der Waals surface area (Å²) in [5.74, 6) is 4.29. The van der Waals surface area contributed by atoms with E-state index >= 15 is 0 Å². The van der Waals surface area contributed by atoms with Gasteiger partial charge in [0.25, 0.3) is 0 Å². The summed E-state index contributed by atoms with van der Waals surface area (Å²) in [5, 5.41) is 15.4. The molecule has 3 rings (SSSR count). The molecule has 2 aromatic carbocycles. The number of aromatic nitrogens is 2. The van der Waals surface area contributed by atoms with E-state index in [1.54, 1.807) is 4.68 Å². The highest BCUT2D eigenvalue weighted by Crippen LogP contribution is 2.34. The predicted octanol–water partition coefficient (Wildman–Crippen LogP) is 4.35. The number of aliphatic hydroxyl groups is 1. The Morgan fingerprint density at radius 2 is 1.73 bits per heavy atom. The Kier molecular flexibility index (Phi) is 9.08. The van der Waals surface area contributed by atoms with E-state index in [2.05, 4.69) is 24.7 Å². The number of para-hydroxylation sites is 1. The van der Waals surface area contributed by atoms with Gasteiger partial charge in [0, 0.05) is 32.2 Å². The van der Waals surface area contributed by atoms with E-state index < -0.39 is 6.10 Å². The molecule has 0 spiro atoms. The lowest BCUT2D eigenvalue weighted by Crippen LogP contribution is -2.37. The van der Waals surface area contributed by atoms with Gasteiger partial charge in [0.2, 0.25) is 5.88 Å². The molecule has 0 aliphatic heterocycles. The molecule has 1 aromatic heterocycles. The maximum absolute atomic E-state index is 10.5. The van der Waals surface area contributed by atoms with Crippen LogP contribution in [-0.4, -0.2) is 52.2 Å². The van der Waals surface area contributed by atoms with E-state index in [1.165, 1.54) is 0 Å². The van der Waals surface area contributed by atoms with Crippen LogP contribution in [0.25, 0.3) is 11.3 Å². The van der Waals surface area contributed by atoms with Gasteiger partial charge in [-0.1, -0.05) is 68.3 Å². The maximum atomic E-state index is 10.5. The van der Waals surface area contributed by atoms with Gasteiger partial charge in [-0.2, -0.15) is 5.10 Å². The lowest BCUT2D eigenvalue weighted by atomic mass is 10.1. The molecule has 0 saturated carbocycles. The average molecular weight is 448 g/mol. The molecule has 1 heterocycles. The van der Waals surface area contributed by atoms with Crippen LogP contribution in [0.2, 0.25) is 0 Å². The summed E-state index contributed by atoms with van der Waals surface area (Å²) in [6.45, 7) is 6.55. The Balaban J connectivity index is 1.93. The van der Waals surface area contributed by atoms with Crippen molar-refractivity contribution >= 4 is 0 Å². The van der Waals surface area contributed by atoms with Crippen molar-refractivity contribution in [1.29, 1.82) is 0 Å². The van der Waals surface area contributed by atoms with Crippen molar-refractivity contribution in [2.75, 3.05) is 26.3 Å². The number of terminal acetylenes is 1. The normalized spacial score (nSPS) is 12.2. The highest BCUT2D eigenvalue weighted by atomic mass is 16.5. The summed E-state index contributed by atoms with van der Waals surface area (Å²) >= 11 is 0. The average Bonchev–Trinajstić information content (AvgIpc) is 3.10. The van der Waals surface area contributed by atoms with E-state index in [1.807, 2.05) is 67.7 Å². The second-order valence-corrected chi connectivity index (χ2v) is 8.50. The molecule has 1 unspecified atom stereocenters. The fraction of sp³-hybridized carbons (Fsp3) is 0.370. The standard InChI is InChI=1S/C27H33N3O3/c1-5-16-32-20-23(31)18-30(17-21(2)3)19-25-26(22-12-8-6-9-13-22)28-29(4)27(25)33-24-14-10-7-11-15-24/h1,6-15,21,23,31H,16-20H2,2-4H3. The first-order chi connectivity index (χ1) is 16.0. The van der Waals surface area contributed by atoms with E-state index in [-0.39, 0.29) is 13.2 Å². The van der Waals surface area contributed by atoms with Crippen molar-refractivity contribution in [2.24, 2.45) is 13.0 Å². The minimum atomic E-state index is -0.646. The molecule has 1 atom stereocenters. The third-order valence-corrected chi connectivity index (χ3v) is 5.06. The molecule has 0 bridgehead atoms. The van der Waals surface area contributed by atoms with Crippen LogP contribution in [-0.2, 0) is 18.3 Å². The van der Waals surface area contributed by atoms with Crippen molar-refractivity contribution in [3.63, 3.8) is 0 Å². The molecule has 0 amide bonds. The van der Waals surface area contributed by atoms with Gasteiger partial charge >= 0.3 is 0 Å². The summed E-state index contributed by atoms with van der Waals surface area (Å²) in [5.41, 5.74) is 2.87. The molecule has 0 aliphatic rings. The smallest absolute Gasteiger partial charge is 0.222 e. The van der Waals surface area contributed by atoms with E-state index in [9.17, 15) is 5.11 Å². The number of rotatable bonds is 12. The number of ether oxygens (including phenoxy) is 2. The van der Waals surface area contributed by atoms with Crippen LogP contribution < -0.4 is 4.74 Å². The first-order valence-electron chi connectivity index (χ1n) is 11.2. The van der Waals surface area contributed by atoms with E-state index in [4.69, 9.17) is 21.0 Å². The summed E-state index contributed by atoms with van der Waals surface area (Å²) in [7, 11) is 1.89. The zero-order valence-electron chi connectivity index (χ0n) is 19.6. The van der Waals surface area contributed by atoms with Crippen molar-refractivity contribution in [3.05, 3.63) is 66.2 Å². The largest absolute Gasteiger partial charge is 0.439 e. The number of aliphatic hydroxyl groups excluding tert-OH is 1. The molecule has 0 saturated heterocycles. The summed E-state index contributed by atoms with van der Waals surface area (Å²) < 4.78 is 13.4. The summed E-state index contributed by atoms with van der Waals surface area (Å²) in [6, 6.07) is 19.8. The van der Waals surface area contributed by atoms with Crippen LogP contribution in [0, 0.1) is 18.3 Å². The van der Waals surface area contributed by atoms with Crippen molar-refractivity contribution in [2.45, 2.75) is 26.5 Å². The van der Waals surface area contributed by atoms with Crippen molar-refractivity contribution in [3.8, 4) is 35.2 Å². The van der Waals surface area contributed by atoms with Crippen LogP contribution >= 0.6 is 0 Å². The molecule has 1 N–H and O–H groups in total. The van der Waals surface area contributed by atoms with Gasteiger partial charge in [0.1, 0.15) is 18.1 Å². The Morgan fingerprint density at radius 3 is 2.36 bits per heavy atom. The lowest BCUT2D eigenvalue weighted by molar-refractivity contribution is 0.0237.